The first-order valence-corrected chi connectivity index (χ1v) is 8.67. The summed E-state index contributed by atoms with van der Waals surface area (Å²) in [5, 5.41) is 0. The van der Waals surface area contributed by atoms with E-state index in [9.17, 15) is 9.59 Å². The number of pyridine rings is 1. The summed E-state index contributed by atoms with van der Waals surface area (Å²) < 4.78 is 0. The van der Waals surface area contributed by atoms with E-state index in [0.29, 0.717) is 38.2 Å². The monoisotopic (exact) mass is 340 g/mol. The van der Waals surface area contributed by atoms with Gasteiger partial charge in [-0.15, -0.1) is 0 Å². The highest BCUT2D eigenvalue weighted by atomic mass is 16.2. The quantitative estimate of drug-likeness (QED) is 0.928. The van der Waals surface area contributed by atoms with Crippen molar-refractivity contribution in [1.29, 1.82) is 0 Å². The second-order valence-electron chi connectivity index (χ2n) is 6.55. The molecule has 1 fully saturated rings. The normalized spacial score (nSPS) is 15.1. The van der Waals surface area contributed by atoms with Gasteiger partial charge in [-0.05, 0) is 44.0 Å². The summed E-state index contributed by atoms with van der Waals surface area (Å²) in [5.74, 6) is 0.109. The van der Waals surface area contributed by atoms with Crippen LogP contribution in [0.2, 0.25) is 0 Å². The summed E-state index contributed by atoms with van der Waals surface area (Å²) in [7, 11) is 0. The minimum absolute atomic E-state index is 0.0143. The largest absolute Gasteiger partial charge is 0.362 e. The molecule has 25 heavy (non-hydrogen) atoms. The lowest BCUT2D eigenvalue weighted by Gasteiger charge is -2.22. The minimum Gasteiger partial charge on any atom is -0.362 e. The maximum atomic E-state index is 12.6. The Morgan fingerprint density at radius 2 is 1.92 bits per heavy atom. The number of carbonyl (C=O) groups excluding carboxylic acids is 2. The van der Waals surface area contributed by atoms with Crippen molar-refractivity contribution in [2.45, 2.75) is 26.7 Å². The molecular formula is C19H24N4O2. The van der Waals surface area contributed by atoms with Crippen LogP contribution in [0.25, 0.3) is 0 Å². The summed E-state index contributed by atoms with van der Waals surface area (Å²) in [6.07, 6.45) is 4.45. The Kier molecular flexibility index (Phi) is 5.16. The zero-order chi connectivity index (χ0) is 17.8. The molecule has 0 bridgehead atoms. The van der Waals surface area contributed by atoms with Crippen LogP contribution in [-0.4, -0.2) is 57.8 Å². The van der Waals surface area contributed by atoms with Crippen molar-refractivity contribution in [3.8, 4) is 0 Å². The number of hydrogen-bond acceptors (Lipinski definition) is 3. The van der Waals surface area contributed by atoms with Crippen molar-refractivity contribution in [3.63, 3.8) is 0 Å². The molecule has 0 aromatic carbocycles. The number of aryl methyl sites for hydroxylation is 2. The summed E-state index contributed by atoms with van der Waals surface area (Å²) in [6, 6.07) is 5.57. The van der Waals surface area contributed by atoms with Crippen LogP contribution in [0.5, 0.6) is 0 Å². The van der Waals surface area contributed by atoms with Crippen molar-refractivity contribution in [2.75, 3.05) is 26.2 Å². The van der Waals surface area contributed by atoms with Gasteiger partial charge < -0.3 is 14.8 Å². The van der Waals surface area contributed by atoms with Crippen LogP contribution >= 0.6 is 0 Å². The second kappa shape index (κ2) is 7.51. The molecule has 6 heteroatoms. The molecule has 132 valence electrons. The Labute approximate surface area is 147 Å². The Balaban J connectivity index is 1.60. The molecule has 1 aliphatic heterocycles. The number of rotatable bonds is 3. The fourth-order valence-corrected chi connectivity index (χ4v) is 3.28. The number of carbonyl (C=O) groups is 2. The van der Waals surface area contributed by atoms with Gasteiger partial charge in [0, 0.05) is 50.0 Å². The highest BCUT2D eigenvalue weighted by molar-refractivity contribution is 5.94. The summed E-state index contributed by atoms with van der Waals surface area (Å²) in [5.41, 5.74) is 3.77. The molecule has 2 aromatic heterocycles. The molecular weight excluding hydrogens is 316 g/mol. The summed E-state index contributed by atoms with van der Waals surface area (Å²) >= 11 is 0. The van der Waals surface area contributed by atoms with Crippen LogP contribution in [0.4, 0.5) is 0 Å². The van der Waals surface area contributed by atoms with Crippen LogP contribution in [-0.2, 0) is 11.2 Å². The molecule has 3 heterocycles. The molecule has 6 nitrogen and oxygen atoms in total. The van der Waals surface area contributed by atoms with E-state index in [1.807, 2.05) is 29.7 Å². The SMILES string of the molecule is Cc1cc(CC(=O)N2CCCN(C(=O)c3cccnc3)CC2)c(C)[nH]1. The maximum Gasteiger partial charge on any atom is 0.255 e. The molecule has 1 N–H and O–H groups in total. The Hall–Kier alpha value is -2.63. The lowest BCUT2D eigenvalue weighted by Crippen LogP contribution is -2.38. The molecule has 2 aromatic rings. The van der Waals surface area contributed by atoms with E-state index >= 15 is 0 Å². The van der Waals surface area contributed by atoms with Crippen molar-refractivity contribution in [2.24, 2.45) is 0 Å². The van der Waals surface area contributed by atoms with Crippen molar-refractivity contribution >= 4 is 11.8 Å². The smallest absolute Gasteiger partial charge is 0.255 e. The van der Waals surface area contributed by atoms with E-state index in [4.69, 9.17) is 0 Å². The summed E-state index contributed by atoms with van der Waals surface area (Å²) in [4.78, 5) is 36.1. The second-order valence-corrected chi connectivity index (χ2v) is 6.55. The molecule has 1 saturated heterocycles. The average Bonchev–Trinajstić information content (AvgIpc) is 2.81. The third-order valence-corrected chi connectivity index (χ3v) is 4.64. The van der Waals surface area contributed by atoms with Gasteiger partial charge in [0.05, 0.1) is 12.0 Å². The Bertz CT molecular complexity index is 754. The maximum absolute atomic E-state index is 12.6. The van der Waals surface area contributed by atoms with Crippen molar-refractivity contribution in [3.05, 3.63) is 53.1 Å². The highest BCUT2D eigenvalue weighted by Gasteiger charge is 2.23. The third kappa shape index (κ3) is 4.07. The number of nitrogens with zero attached hydrogens (tertiary/aromatic N) is 3. The molecule has 1 aliphatic rings. The average molecular weight is 340 g/mol. The molecule has 3 rings (SSSR count). The number of H-pyrrole nitrogens is 1. The van der Waals surface area contributed by atoms with Gasteiger partial charge in [-0.25, -0.2) is 0 Å². The number of aromatic amines is 1. The van der Waals surface area contributed by atoms with Crippen molar-refractivity contribution in [1.82, 2.24) is 19.8 Å². The summed E-state index contributed by atoms with van der Waals surface area (Å²) in [6.45, 7) is 6.48. The minimum atomic E-state index is -0.0143. The van der Waals surface area contributed by atoms with Gasteiger partial charge in [-0.3, -0.25) is 14.6 Å². The predicted octanol–water partition coefficient (Wildman–Crippen LogP) is 1.94. The fraction of sp³-hybridized carbons (Fsp3) is 0.421. The van der Waals surface area contributed by atoms with Gasteiger partial charge in [0.15, 0.2) is 0 Å². The lowest BCUT2D eigenvalue weighted by molar-refractivity contribution is -0.130. The van der Waals surface area contributed by atoms with Crippen LogP contribution in [0, 0.1) is 13.8 Å². The number of nitrogens with one attached hydrogen (secondary N) is 1. The number of hydrogen-bond donors (Lipinski definition) is 1. The Morgan fingerprint density at radius 1 is 1.16 bits per heavy atom. The zero-order valence-corrected chi connectivity index (χ0v) is 14.8. The highest BCUT2D eigenvalue weighted by Crippen LogP contribution is 2.13. The van der Waals surface area contributed by atoms with Gasteiger partial charge in [0.2, 0.25) is 5.91 Å². The van der Waals surface area contributed by atoms with E-state index in [0.717, 1.165) is 23.4 Å². The molecule has 0 aliphatic carbocycles. The third-order valence-electron chi connectivity index (χ3n) is 4.64. The number of amides is 2. The molecule has 2 amide bonds. The first kappa shape index (κ1) is 17.2. The molecule has 0 unspecified atom stereocenters. The van der Waals surface area contributed by atoms with Crippen LogP contribution in [0.3, 0.4) is 0 Å². The first-order chi connectivity index (χ1) is 12.0. The first-order valence-electron chi connectivity index (χ1n) is 8.67. The van der Waals surface area contributed by atoms with E-state index in [2.05, 4.69) is 9.97 Å². The molecule has 0 radical (unpaired) electrons. The zero-order valence-electron chi connectivity index (χ0n) is 14.8. The van der Waals surface area contributed by atoms with Crippen LogP contribution < -0.4 is 0 Å². The van der Waals surface area contributed by atoms with Gasteiger partial charge >= 0.3 is 0 Å². The number of aromatic nitrogens is 2. The molecule has 0 atom stereocenters. The topological polar surface area (TPSA) is 69.3 Å². The van der Waals surface area contributed by atoms with Crippen LogP contribution in [0.15, 0.2) is 30.6 Å². The molecule has 0 spiro atoms. The van der Waals surface area contributed by atoms with E-state index in [1.54, 1.807) is 24.5 Å². The Morgan fingerprint density at radius 3 is 2.60 bits per heavy atom. The van der Waals surface area contributed by atoms with E-state index < -0.39 is 0 Å². The van der Waals surface area contributed by atoms with Crippen molar-refractivity contribution < 1.29 is 9.59 Å². The van der Waals surface area contributed by atoms with Gasteiger partial charge in [-0.1, -0.05) is 0 Å². The van der Waals surface area contributed by atoms with E-state index in [-0.39, 0.29) is 11.8 Å². The van der Waals surface area contributed by atoms with Gasteiger partial charge in [0.1, 0.15) is 0 Å². The molecule has 0 saturated carbocycles. The van der Waals surface area contributed by atoms with E-state index in [1.165, 1.54) is 0 Å². The van der Waals surface area contributed by atoms with Gasteiger partial charge in [-0.2, -0.15) is 0 Å². The van der Waals surface area contributed by atoms with Gasteiger partial charge in [0.25, 0.3) is 5.91 Å². The fourth-order valence-electron chi connectivity index (χ4n) is 3.28. The lowest BCUT2D eigenvalue weighted by atomic mass is 10.1. The van der Waals surface area contributed by atoms with Crippen LogP contribution in [0.1, 0.15) is 33.7 Å². The standard InChI is InChI=1S/C19H24N4O2/c1-14-11-17(15(2)21-14)12-18(24)22-7-4-8-23(10-9-22)19(25)16-5-3-6-20-13-16/h3,5-6,11,13,21H,4,7-10,12H2,1-2H3. The predicted molar refractivity (Wildman–Crippen MR) is 95.3 cm³/mol.